The van der Waals surface area contributed by atoms with Crippen LogP contribution in [0, 0.1) is 11.3 Å². The quantitative estimate of drug-likeness (QED) is 0.654. The third kappa shape index (κ3) is 0.986. The van der Waals surface area contributed by atoms with Gasteiger partial charge in [0.05, 0.1) is 18.8 Å². The zero-order valence-corrected chi connectivity index (χ0v) is 7.28. The fourth-order valence-corrected chi connectivity index (χ4v) is 2.38. The molecular weight excluding hydrogens is 172 g/mol. The molecule has 2 heterocycles. The summed E-state index contributed by atoms with van der Waals surface area (Å²) >= 11 is 1.47. The van der Waals surface area contributed by atoms with Gasteiger partial charge in [0.1, 0.15) is 11.1 Å². The Balaban J connectivity index is 2.56. The van der Waals surface area contributed by atoms with Crippen molar-refractivity contribution in [3.63, 3.8) is 0 Å². The molecule has 3 nitrogen and oxygen atoms in total. The van der Waals surface area contributed by atoms with Gasteiger partial charge in [-0.05, 0) is 12.0 Å². The van der Waals surface area contributed by atoms with E-state index in [0.717, 1.165) is 16.9 Å². The van der Waals surface area contributed by atoms with Crippen LogP contribution in [0.5, 0.6) is 0 Å². The Morgan fingerprint density at radius 1 is 1.58 bits per heavy atom. The van der Waals surface area contributed by atoms with Crippen molar-refractivity contribution in [1.82, 2.24) is 0 Å². The standard InChI is InChI=1S/C8H8N2OS/c9-3-6-5-1-2-11-4-7(5)12-8(6)10/h1-2,4,10H2. The number of thiophene rings is 1. The van der Waals surface area contributed by atoms with E-state index in [1.165, 1.54) is 11.3 Å². The topological polar surface area (TPSA) is 59.0 Å². The minimum absolute atomic E-state index is 0.617. The number of hydrogen-bond acceptors (Lipinski definition) is 4. The molecule has 0 saturated carbocycles. The second-order valence-corrected chi connectivity index (χ2v) is 3.79. The van der Waals surface area contributed by atoms with Gasteiger partial charge in [-0.2, -0.15) is 5.26 Å². The molecule has 1 aromatic heterocycles. The predicted octanol–water partition coefficient (Wildman–Crippen LogP) is 1.27. The van der Waals surface area contributed by atoms with Crippen LogP contribution in [0.2, 0.25) is 0 Å². The molecule has 1 aliphatic heterocycles. The summed E-state index contributed by atoms with van der Waals surface area (Å²) < 4.78 is 5.25. The summed E-state index contributed by atoms with van der Waals surface area (Å²) in [4.78, 5) is 1.12. The molecule has 0 atom stereocenters. The number of nitrogens with zero attached hydrogens (tertiary/aromatic N) is 1. The number of ether oxygens (including phenoxy) is 1. The van der Waals surface area contributed by atoms with Gasteiger partial charge in [0.25, 0.3) is 0 Å². The van der Waals surface area contributed by atoms with Crippen LogP contribution in [-0.2, 0) is 17.8 Å². The minimum Gasteiger partial charge on any atom is -0.389 e. The van der Waals surface area contributed by atoms with Crippen molar-refractivity contribution in [2.24, 2.45) is 0 Å². The van der Waals surface area contributed by atoms with E-state index in [2.05, 4.69) is 6.07 Å². The maximum Gasteiger partial charge on any atom is 0.104 e. The van der Waals surface area contributed by atoms with Crippen molar-refractivity contribution < 1.29 is 4.74 Å². The average molecular weight is 180 g/mol. The SMILES string of the molecule is N#Cc1c(N)sc2c1CCOC2. The highest BCUT2D eigenvalue weighted by molar-refractivity contribution is 7.16. The van der Waals surface area contributed by atoms with Crippen LogP contribution in [-0.4, -0.2) is 6.61 Å². The summed E-state index contributed by atoms with van der Waals surface area (Å²) in [5.74, 6) is 0. The van der Waals surface area contributed by atoms with Gasteiger partial charge in [0, 0.05) is 4.88 Å². The molecule has 62 valence electrons. The first-order chi connectivity index (χ1) is 5.83. The summed E-state index contributed by atoms with van der Waals surface area (Å²) in [5, 5.41) is 9.43. The van der Waals surface area contributed by atoms with E-state index in [-0.39, 0.29) is 0 Å². The molecule has 0 unspecified atom stereocenters. The first kappa shape index (κ1) is 7.59. The maximum atomic E-state index is 8.80. The lowest BCUT2D eigenvalue weighted by Gasteiger charge is -2.10. The highest BCUT2D eigenvalue weighted by atomic mass is 32.1. The fraction of sp³-hybridized carbons (Fsp3) is 0.375. The first-order valence-corrected chi connectivity index (χ1v) is 4.52. The molecule has 2 N–H and O–H groups in total. The van der Waals surface area contributed by atoms with Gasteiger partial charge in [-0.25, -0.2) is 0 Å². The van der Waals surface area contributed by atoms with Gasteiger partial charge >= 0.3 is 0 Å². The number of rotatable bonds is 0. The van der Waals surface area contributed by atoms with Crippen molar-refractivity contribution in [2.75, 3.05) is 12.3 Å². The number of fused-ring (bicyclic) bond motifs is 1. The summed E-state index contributed by atoms with van der Waals surface area (Å²) in [7, 11) is 0. The molecule has 4 heteroatoms. The number of hydrogen-bond donors (Lipinski definition) is 1. The molecule has 0 aliphatic carbocycles. The van der Waals surface area contributed by atoms with E-state index in [1.54, 1.807) is 0 Å². The van der Waals surface area contributed by atoms with E-state index in [9.17, 15) is 0 Å². The zero-order chi connectivity index (χ0) is 8.55. The van der Waals surface area contributed by atoms with Gasteiger partial charge in [0.15, 0.2) is 0 Å². The van der Waals surface area contributed by atoms with Crippen molar-refractivity contribution in [3.8, 4) is 6.07 Å². The predicted molar refractivity (Wildman–Crippen MR) is 46.8 cm³/mol. The Kier molecular flexibility index (Phi) is 1.75. The Hall–Kier alpha value is -1.05. The molecule has 0 aromatic carbocycles. The molecule has 0 saturated heterocycles. The Labute approximate surface area is 74.4 Å². The molecule has 1 aliphatic rings. The van der Waals surface area contributed by atoms with Gasteiger partial charge in [-0.15, -0.1) is 11.3 Å². The summed E-state index contributed by atoms with van der Waals surface area (Å²) in [6, 6.07) is 2.13. The fourth-order valence-electron chi connectivity index (χ4n) is 1.38. The van der Waals surface area contributed by atoms with Crippen LogP contribution in [0.4, 0.5) is 5.00 Å². The van der Waals surface area contributed by atoms with E-state index >= 15 is 0 Å². The number of nitrogens with two attached hydrogens (primary N) is 1. The van der Waals surface area contributed by atoms with Crippen molar-refractivity contribution in [3.05, 3.63) is 16.0 Å². The maximum absolute atomic E-state index is 8.80. The molecule has 0 radical (unpaired) electrons. The Morgan fingerprint density at radius 3 is 3.17 bits per heavy atom. The molecule has 0 amide bonds. The molecule has 2 rings (SSSR count). The lowest BCUT2D eigenvalue weighted by atomic mass is 10.1. The van der Waals surface area contributed by atoms with E-state index in [0.29, 0.717) is 23.8 Å². The molecule has 12 heavy (non-hydrogen) atoms. The van der Waals surface area contributed by atoms with Crippen LogP contribution in [0.25, 0.3) is 0 Å². The lowest BCUT2D eigenvalue weighted by Crippen LogP contribution is -2.07. The van der Waals surface area contributed by atoms with Gasteiger partial charge in [-0.3, -0.25) is 0 Å². The largest absolute Gasteiger partial charge is 0.389 e. The van der Waals surface area contributed by atoms with Crippen LogP contribution < -0.4 is 5.73 Å². The highest BCUT2D eigenvalue weighted by Crippen LogP contribution is 2.33. The third-order valence-electron chi connectivity index (χ3n) is 1.96. The van der Waals surface area contributed by atoms with Gasteiger partial charge < -0.3 is 10.5 Å². The van der Waals surface area contributed by atoms with Crippen molar-refractivity contribution >= 4 is 16.3 Å². The van der Waals surface area contributed by atoms with Crippen molar-refractivity contribution in [2.45, 2.75) is 13.0 Å². The van der Waals surface area contributed by atoms with Crippen LogP contribution in [0.3, 0.4) is 0 Å². The highest BCUT2D eigenvalue weighted by Gasteiger charge is 2.18. The average Bonchev–Trinajstić information content (AvgIpc) is 2.40. The van der Waals surface area contributed by atoms with E-state index in [1.807, 2.05) is 0 Å². The summed E-state index contributed by atoms with van der Waals surface area (Å²) in [6.45, 7) is 1.32. The van der Waals surface area contributed by atoms with E-state index < -0.39 is 0 Å². The van der Waals surface area contributed by atoms with Gasteiger partial charge in [-0.1, -0.05) is 0 Å². The molecular formula is C8H8N2OS. The van der Waals surface area contributed by atoms with Crippen LogP contribution in [0.1, 0.15) is 16.0 Å². The number of anilines is 1. The zero-order valence-electron chi connectivity index (χ0n) is 6.46. The van der Waals surface area contributed by atoms with Crippen LogP contribution in [0.15, 0.2) is 0 Å². The van der Waals surface area contributed by atoms with Crippen molar-refractivity contribution in [1.29, 1.82) is 5.26 Å². The third-order valence-corrected chi connectivity index (χ3v) is 2.99. The number of nitriles is 1. The lowest BCUT2D eigenvalue weighted by molar-refractivity contribution is 0.113. The second kappa shape index (κ2) is 2.77. The van der Waals surface area contributed by atoms with E-state index in [4.69, 9.17) is 15.7 Å². The van der Waals surface area contributed by atoms with Crippen LogP contribution >= 0.6 is 11.3 Å². The first-order valence-electron chi connectivity index (χ1n) is 3.70. The Bertz CT molecular complexity index is 351. The molecule has 0 bridgehead atoms. The molecule has 0 fully saturated rings. The van der Waals surface area contributed by atoms with Gasteiger partial charge in [0.2, 0.25) is 0 Å². The summed E-state index contributed by atoms with van der Waals surface area (Å²) in [5.41, 5.74) is 7.44. The molecule has 0 spiro atoms. The number of nitrogen functional groups attached to an aromatic ring is 1. The molecule has 1 aromatic rings. The Morgan fingerprint density at radius 2 is 2.42 bits per heavy atom. The monoisotopic (exact) mass is 180 g/mol. The normalized spacial score (nSPS) is 15.2. The summed E-state index contributed by atoms with van der Waals surface area (Å²) in [6.07, 6.45) is 0.825. The second-order valence-electron chi connectivity index (χ2n) is 2.66. The smallest absolute Gasteiger partial charge is 0.104 e. The minimum atomic E-state index is 0.617.